The van der Waals surface area contributed by atoms with Crippen molar-refractivity contribution in [3.8, 4) is 6.07 Å². The highest BCUT2D eigenvalue weighted by Crippen LogP contribution is 2.15. The van der Waals surface area contributed by atoms with Crippen molar-refractivity contribution in [2.45, 2.75) is 25.3 Å². The maximum Gasteiger partial charge on any atom is 0.103 e. The van der Waals surface area contributed by atoms with E-state index in [0.717, 1.165) is 19.4 Å². The third-order valence-electron chi connectivity index (χ3n) is 1.62. The summed E-state index contributed by atoms with van der Waals surface area (Å²) in [5.74, 6) is 0. The molecule has 44 valence electrons. The van der Waals surface area contributed by atoms with Gasteiger partial charge in [0, 0.05) is 0 Å². The van der Waals surface area contributed by atoms with Gasteiger partial charge in [0.2, 0.25) is 0 Å². The highest BCUT2D eigenvalue weighted by Gasteiger charge is 2.26. The lowest BCUT2D eigenvalue weighted by atomic mass is 10.0. The van der Waals surface area contributed by atoms with E-state index < -0.39 is 0 Å². The van der Waals surface area contributed by atoms with Crippen molar-refractivity contribution in [3.63, 3.8) is 0 Å². The molecule has 1 saturated heterocycles. The smallest absolute Gasteiger partial charge is 0.103 e. The average Bonchev–Trinajstić information content (AvgIpc) is 2.17. The van der Waals surface area contributed by atoms with E-state index in [2.05, 4.69) is 11.4 Å². The lowest BCUT2D eigenvalue weighted by Crippen LogP contribution is -2.33. The van der Waals surface area contributed by atoms with Crippen molar-refractivity contribution in [1.82, 2.24) is 5.32 Å². The summed E-state index contributed by atoms with van der Waals surface area (Å²) in [6, 6.07) is 2.23. The van der Waals surface area contributed by atoms with E-state index in [1.807, 2.05) is 6.92 Å². The quantitative estimate of drug-likeness (QED) is 0.497. The van der Waals surface area contributed by atoms with E-state index in [0.29, 0.717) is 0 Å². The summed E-state index contributed by atoms with van der Waals surface area (Å²) in [5, 5.41) is 11.6. The van der Waals surface area contributed by atoms with Crippen LogP contribution in [-0.4, -0.2) is 12.1 Å². The molecule has 1 N–H and O–H groups in total. The molecule has 1 aliphatic heterocycles. The van der Waals surface area contributed by atoms with E-state index >= 15 is 0 Å². The summed E-state index contributed by atoms with van der Waals surface area (Å²) >= 11 is 0. The molecule has 8 heavy (non-hydrogen) atoms. The van der Waals surface area contributed by atoms with Crippen molar-refractivity contribution < 1.29 is 0 Å². The first-order chi connectivity index (χ1) is 3.77. The number of hydrogen-bond acceptors (Lipinski definition) is 2. The molecule has 1 atom stereocenters. The predicted octanol–water partition coefficient (Wildman–Crippen LogP) is 0.652. The molecule has 1 rings (SSSR count). The molecular formula is C6H10N2. The molecule has 0 bridgehead atoms. The minimum atomic E-state index is -0.208. The molecule has 0 amide bonds. The second-order valence-corrected chi connectivity index (χ2v) is 2.47. The van der Waals surface area contributed by atoms with E-state index in [1.54, 1.807) is 0 Å². The van der Waals surface area contributed by atoms with Crippen molar-refractivity contribution in [2.75, 3.05) is 6.54 Å². The fourth-order valence-corrected chi connectivity index (χ4v) is 0.990. The minimum Gasteiger partial charge on any atom is -0.300 e. The molecule has 0 aromatic rings. The molecule has 0 saturated carbocycles. The van der Waals surface area contributed by atoms with Crippen LogP contribution in [0.25, 0.3) is 0 Å². The lowest BCUT2D eigenvalue weighted by molar-refractivity contribution is 0.533. The van der Waals surface area contributed by atoms with E-state index in [9.17, 15) is 0 Å². The Morgan fingerprint density at radius 2 is 2.50 bits per heavy atom. The fraction of sp³-hybridized carbons (Fsp3) is 0.833. The van der Waals surface area contributed by atoms with E-state index in [-0.39, 0.29) is 5.54 Å². The van der Waals surface area contributed by atoms with Gasteiger partial charge < -0.3 is 0 Å². The zero-order valence-corrected chi connectivity index (χ0v) is 5.07. The molecule has 1 unspecified atom stereocenters. The van der Waals surface area contributed by atoms with Gasteiger partial charge in [-0.15, -0.1) is 0 Å². The molecule has 0 aliphatic carbocycles. The summed E-state index contributed by atoms with van der Waals surface area (Å²) < 4.78 is 0. The Labute approximate surface area is 49.5 Å². The van der Waals surface area contributed by atoms with Gasteiger partial charge in [-0.2, -0.15) is 5.26 Å². The summed E-state index contributed by atoms with van der Waals surface area (Å²) in [6.45, 7) is 2.95. The minimum absolute atomic E-state index is 0.208. The summed E-state index contributed by atoms with van der Waals surface area (Å²) in [6.07, 6.45) is 2.15. The van der Waals surface area contributed by atoms with Crippen LogP contribution < -0.4 is 5.32 Å². The van der Waals surface area contributed by atoms with E-state index in [4.69, 9.17) is 5.26 Å². The van der Waals surface area contributed by atoms with Gasteiger partial charge >= 0.3 is 0 Å². The van der Waals surface area contributed by atoms with Crippen molar-refractivity contribution in [1.29, 1.82) is 5.26 Å². The summed E-state index contributed by atoms with van der Waals surface area (Å²) in [7, 11) is 0. The monoisotopic (exact) mass is 110 g/mol. The molecule has 1 fully saturated rings. The molecule has 0 aromatic heterocycles. The summed E-state index contributed by atoms with van der Waals surface area (Å²) in [4.78, 5) is 0. The highest BCUT2D eigenvalue weighted by molar-refractivity contribution is 5.06. The molecule has 1 aliphatic rings. The molecule has 0 radical (unpaired) electrons. The Morgan fingerprint density at radius 1 is 1.75 bits per heavy atom. The van der Waals surface area contributed by atoms with Crippen LogP contribution in [0.1, 0.15) is 19.8 Å². The second kappa shape index (κ2) is 1.75. The first kappa shape index (κ1) is 5.58. The van der Waals surface area contributed by atoms with Gasteiger partial charge in [-0.25, -0.2) is 0 Å². The van der Waals surface area contributed by atoms with Gasteiger partial charge in [-0.05, 0) is 26.3 Å². The van der Waals surface area contributed by atoms with Crippen LogP contribution in [0.2, 0.25) is 0 Å². The predicted molar refractivity (Wildman–Crippen MR) is 31.3 cm³/mol. The van der Waals surface area contributed by atoms with Crippen LogP contribution in [0.15, 0.2) is 0 Å². The molecule has 2 heteroatoms. The Bertz CT molecular complexity index is 117. The topological polar surface area (TPSA) is 35.8 Å². The van der Waals surface area contributed by atoms with Crippen molar-refractivity contribution in [2.24, 2.45) is 0 Å². The molecule has 0 aromatic carbocycles. The van der Waals surface area contributed by atoms with Crippen molar-refractivity contribution >= 4 is 0 Å². The van der Waals surface area contributed by atoms with Crippen LogP contribution >= 0.6 is 0 Å². The normalized spacial score (nSPS) is 37.0. The number of nitriles is 1. The zero-order valence-electron chi connectivity index (χ0n) is 5.07. The Kier molecular flexibility index (Phi) is 1.22. The molecular weight excluding hydrogens is 100 g/mol. The largest absolute Gasteiger partial charge is 0.300 e. The maximum atomic E-state index is 8.51. The first-order valence-electron chi connectivity index (χ1n) is 2.93. The van der Waals surface area contributed by atoms with Crippen LogP contribution in [0.4, 0.5) is 0 Å². The SMILES string of the molecule is CC1(C#N)CCCN1. The van der Waals surface area contributed by atoms with Gasteiger partial charge in [-0.3, -0.25) is 5.32 Å². The zero-order chi connectivity index (χ0) is 6.04. The Morgan fingerprint density at radius 3 is 2.75 bits per heavy atom. The number of hydrogen-bond donors (Lipinski definition) is 1. The summed E-state index contributed by atoms with van der Waals surface area (Å²) in [5.41, 5.74) is -0.208. The highest BCUT2D eigenvalue weighted by atomic mass is 15.0. The van der Waals surface area contributed by atoms with Gasteiger partial charge in [-0.1, -0.05) is 0 Å². The Balaban J connectivity index is 2.56. The fourth-order valence-electron chi connectivity index (χ4n) is 0.990. The lowest BCUT2D eigenvalue weighted by Gasteiger charge is -2.11. The van der Waals surface area contributed by atoms with Gasteiger partial charge in [0.05, 0.1) is 6.07 Å². The van der Waals surface area contributed by atoms with Crippen LogP contribution in [0.5, 0.6) is 0 Å². The molecule has 0 spiro atoms. The number of nitrogens with zero attached hydrogens (tertiary/aromatic N) is 1. The van der Waals surface area contributed by atoms with Crippen LogP contribution in [0.3, 0.4) is 0 Å². The van der Waals surface area contributed by atoms with Crippen LogP contribution in [0, 0.1) is 11.3 Å². The molecule has 1 heterocycles. The standard InChI is InChI=1S/C6H10N2/c1-6(5-7)3-2-4-8-6/h8H,2-4H2,1H3. The van der Waals surface area contributed by atoms with Gasteiger partial charge in [0.15, 0.2) is 0 Å². The van der Waals surface area contributed by atoms with Crippen LogP contribution in [-0.2, 0) is 0 Å². The van der Waals surface area contributed by atoms with E-state index in [1.165, 1.54) is 0 Å². The maximum absolute atomic E-state index is 8.51. The second-order valence-electron chi connectivity index (χ2n) is 2.47. The average molecular weight is 110 g/mol. The molecule has 2 nitrogen and oxygen atoms in total. The Hall–Kier alpha value is -0.550. The van der Waals surface area contributed by atoms with Gasteiger partial charge in [0.25, 0.3) is 0 Å². The number of rotatable bonds is 0. The van der Waals surface area contributed by atoms with Crippen molar-refractivity contribution in [3.05, 3.63) is 0 Å². The third kappa shape index (κ3) is 0.823. The first-order valence-corrected chi connectivity index (χ1v) is 2.93. The van der Waals surface area contributed by atoms with Gasteiger partial charge in [0.1, 0.15) is 5.54 Å². The number of nitrogens with one attached hydrogen (secondary N) is 1. The third-order valence-corrected chi connectivity index (χ3v) is 1.62.